The van der Waals surface area contributed by atoms with Gasteiger partial charge >= 0.3 is 0 Å². The number of carbonyl (C=O) groups is 2. The second-order valence-electron chi connectivity index (χ2n) is 8.82. The van der Waals surface area contributed by atoms with E-state index >= 15 is 0 Å². The van der Waals surface area contributed by atoms with Crippen LogP contribution in [-0.2, 0) is 22.7 Å². The van der Waals surface area contributed by atoms with Crippen molar-refractivity contribution in [2.24, 2.45) is 0 Å². The SMILES string of the molecule is O=C(NCc1ccc(OCc2cccc(F)c2)cc1)[C@H](O)[C@@H](O)C(=O)N1CCN(c2ccccc2)CC1. The lowest BCUT2D eigenvalue weighted by atomic mass is 10.1. The van der Waals surface area contributed by atoms with Gasteiger partial charge in [0, 0.05) is 38.4 Å². The quantitative estimate of drug-likeness (QED) is 0.410. The third kappa shape index (κ3) is 7.05. The van der Waals surface area contributed by atoms with E-state index < -0.39 is 24.0 Å². The smallest absolute Gasteiger partial charge is 0.254 e. The summed E-state index contributed by atoms with van der Waals surface area (Å²) in [5.41, 5.74) is 2.49. The summed E-state index contributed by atoms with van der Waals surface area (Å²) in [6.07, 6.45) is -3.73. The molecule has 0 unspecified atom stereocenters. The van der Waals surface area contributed by atoms with Crippen LogP contribution in [0.15, 0.2) is 78.9 Å². The van der Waals surface area contributed by atoms with Crippen LogP contribution in [0.4, 0.5) is 10.1 Å². The number of aliphatic hydroxyl groups excluding tert-OH is 2. The summed E-state index contributed by atoms with van der Waals surface area (Å²) in [6.45, 7) is 2.25. The minimum Gasteiger partial charge on any atom is -0.489 e. The maximum atomic E-state index is 13.3. The largest absolute Gasteiger partial charge is 0.489 e. The Morgan fingerprint density at radius 3 is 2.24 bits per heavy atom. The predicted octanol–water partition coefficient (Wildman–Crippen LogP) is 2.09. The first-order chi connectivity index (χ1) is 17.9. The summed E-state index contributed by atoms with van der Waals surface area (Å²) in [5.74, 6) is -1.26. The summed E-state index contributed by atoms with van der Waals surface area (Å²) < 4.78 is 18.9. The molecule has 1 saturated heterocycles. The molecular formula is C28H30FN3O5. The summed E-state index contributed by atoms with van der Waals surface area (Å²) in [5, 5.41) is 23.1. The van der Waals surface area contributed by atoms with E-state index in [1.54, 1.807) is 36.4 Å². The van der Waals surface area contributed by atoms with Crippen molar-refractivity contribution in [2.45, 2.75) is 25.4 Å². The van der Waals surface area contributed by atoms with Crippen molar-refractivity contribution in [3.8, 4) is 5.75 Å². The van der Waals surface area contributed by atoms with Gasteiger partial charge in [0.15, 0.2) is 12.2 Å². The lowest BCUT2D eigenvalue weighted by molar-refractivity contribution is -0.153. The molecule has 0 saturated carbocycles. The van der Waals surface area contributed by atoms with Crippen molar-refractivity contribution in [3.63, 3.8) is 0 Å². The van der Waals surface area contributed by atoms with E-state index in [0.29, 0.717) is 37.5 Å². The lowest BCUT2D eigenvalue weighted by Gasteiger charge is -2.37. The highest BCUT2D eigenvalue weighted by Crippen LogP contribution is 2.17. The number of aliphatic hydroxyl groups is 2. The van der Waals surface area contributed by atoms with Crippen LogP contribution in [0.3, 0.4) is 0 Å². The van der Waals surface area contributed by atoms with Gasteiger partial charge in [-0.05, 0) is 47.5 Å². The maximum absolute atomic E-state index is 13.3. The number of nitrogens with one attached hydrogen (secondary N) is 1. The molecule has 0 spiro atoms. The van der Waals surface area contributed by atoms with E-state index in [1.165, 1.54) is 17.0 Å². The van der Waals surface area contributed by atoms with Crippen molar-refractivity contribution in [3.05, 3.63) is 95.8 Å². The zero-order chi connectivity index (χ0) is 26.2. The number of ether oxygens (including phenoxy) is 1. The molecule has 3 N–H and O–H groups in total. The molecule has 8 nitrogen and oxygen atoms in total. The standard InChI is InChI=1S/C28H30FN3O5/c29-22-6-4-5-21(17-22)19-37-24-11-9-20(10-12-24)18-30-27(35)25(33)26(34)28(36)32-15-13-31(14-16-32)23-7-2-1-3-8-23/h1-12,17,25-26,33-34H,13-16,18-19H2,(H,30,35)/t25-,26-/m1/s1. The molecule has 0 aromatic heterocycles. The van der Waals surface area contributed by atoms with Gasteiger partial charge in [0.05, 0.1) is 0 Å². The van der Waals surface area contributed by atoms with E-state index in [1.807, 2.05) is 30.3 Å². The second-order valence-corrected chi connectivity index (χ2v) is 8.82. The fourth-order valence-corrected chi connectivity index (χ4v) is 4.08. The van der Waals surface area contributed by atoms with Gasteiger partial charge < -0.3 is 30.1 Å². The number of hydrogen-bond acceptors (Lipinski definition) is 6. The van der Waals surface area contributed by atoms with Gasteiger partial charge in [-0.25, -0.2) is 4.39 Å². The van der Waals surface area contributed by atoms with Gasteiger partial charge in [-0.15, -0.1) is 0 Å². The zero-order valence-electron chi connectivity index (χ0n) is 20.3. The van der Waals surface area contributed by atoms with Crippen LogP contribution in [0, 0.1) is 5.82 Å². The Morgan fingerprint density at radius 1 is 0.865 bits per heavy atom. The second kappa shape index (κ2) is 12.3. The number of amides is 2. The van der Waals surface area contributed by atoms with E-state index in [-0.39, 0.29) is 19.0 Å². The Hall–Kier alpha value is -3.95. The minimum atomic E-state index is -1.88. The zero-order valence-corrected chi connectivity index (χ0v) is 20.3. The molecule has 3 aromatic rings. The van der Waals surface area contributed by atoms with Gasteiger partial charge in [0.1, 0.15) is 18.2 Å². The first-order valence-corrected chi connectivity index (χ1v) is 12.1. The highest BCUT2D eigenvalue weighted by molar-refractivity contribution is 5.90. The molecular weight excluding hydrogens is 477 g/mol. The van der Waals surface area contributed by atoms with E-state index in [2.05, 4.69) is 10.2 Å². The number of rotatable bonds is 9. The molecule has 194 valence electrons. The average molecular weight is 508 g/mol. The highest BCUT2D eigenvalue weighted by atomic mass is 19.1. The fourth-order valence-electron chi connectivity index (χ4n) is 4.08. The third-order valence-corrected chi connectivity index (χ3v) is 6.22. The summed E-state index contributed by atoms with van der Waals surface area (Å²) >= 11 is 0. The van der Waals surface area contributed by atoms with Crippen LogP contribution < -0.4 is 15.0 Å². The molecule has 1 aliphatic rings. The monoisotopic (exact) mass is 507 g/mol. The van der Waals surface area contributed by atoms with Gasteiger partial charge in [0.25, 0.3) is 11.8 Å². The van der Waals surface area contributed by atoms with E-state index in [0.717, 1.165) is 11.3 Å². The number of halogens is 1. The van der Waals surface area contributed by atoms with Gasteiger partial charge in [0.2, 0.25) is 0 Å². The summed E-state index contributed by atoms with van der Waals surface area (Å²) in [6, 6.07) is 22.9. The Labute approximate surface area is 214 Å². The average Bonchev–Trinajstić information content (AvgIpc) is 2.94. The van der Waals surface area contributed by atoms with E-state index in [9.17, 15) is 24.2 Å². The Bertz CT molecular complexity index is 1180. The Balaban J connectivity index is 1.21. The third-order valence-electron chi connectivity index (χ3n) is 6.22. The van der Waals surface area contributed by atoms with Crippen LogP contribution in [0.25, 0.3) is 0 Å². The van der Waals surface area contributed by atoms with Crippen molar-refractivity contribution in [1.29, 1.82) is 0 Å². The predicted molar refractivity (Wildman–Crippen MR) is 136 cm³/mol. The minimum absolute atomic E-state index is 0.0940. The first kappa shape index (κ1) is 26.1. The number of anilines is 1. The summed E-state index contributed by atoms with van der Waals surface area (Å²) in [4.78, 5) is 28.6. The fraction of sp³-hybridized carbons (Fsp3) is 0.286. The number of carbonyl (C=O) groups excluding carboxylic acids is 2. The van der Waals surface area contributed by atoms with Crippen molar-refractivity contribution < 1.29 is 28.9 Å². The molecule has 1 fully saturated rings. The normalized spacial score (nSPS) is 15.1. The van der Waals surface area contributed by atoms with Gasteiger partial charge in [-0.2, -0.15) is 0 Å². The highest BCUT2D eigenvalue weighted by Gasteiger charge is 2.34. The molecule has 0 aliphatic carbocycles. The van der Waals surface area contributed by atoms with Gasteiger partial charge in [-0.1, -0.05) is 42.5 Å². The lowest BCUT2D eigenvalue weighted by Crippen LogP contribution is -2.55. The van der Waals surface area contributed by atoms with Crippen LogP contribution in [0.1, 0.15) is 11.1 Å². The van der Waals surface area contributed by atoms with Crippen LogP contribution in [0.2, 0.25) is 0 Å². The van der Waals surface area contributed by atoms with Crippen molar-refractivity contribution in [1.82, 2.24) is 10.2 Å². The van der Waals surface area contributed by atoms with Crippen LogP contribution >= 0.6 is 0 Å². The number of nitrogens with zero attached hydrogens (tertiary/aromatic N) is 2. The van der Waals surface area contributed by atoms with E-state index in [4.69, 9.17) is 4.74 Å². The molecule has 9 heteroatoms. The first-order valence-electron chi connectivity index (χ1n) is 12.1. The Kier molecular flexibility index (Phi) is 8.71. The molecule has 2 atom stereocenters. The molecule has 37 heavy (non-hydrogen) atoms. The molecule has 0 bridgehead atoms. The topological polar surface area (TPSA) is 102 Å². The molecule has 1 heterocycles. The van der Waals surface area contributed by atoms with Crippen LogP contribution in [0.5, 0.6) is 5.75 Å². The number of para-hydroxylation sites is 1. The summed E-state index contributed by atoms with van der Waals surface area (Å²) in [7, 11) is 0. The molecule has 4 rings (SSSR count). The van der Waals surface area contributed by atoms with Crippen molar-refractivity contribution >= 4 is 17.5 Å². The number of hydrogen-bond donors (Lipinski definition) is 3. The Morgan fingerprint density at radius 2 is 1.57 bits per heavy atom. The number of benzene rings is 3. The van der Waals surface area contributed by atoms with Crippen LogP contribution in [-0.4, -0.2) is 65.3 Å². The molecule has 1 aliphatic heterocycles. The maximum Gasteiger partial charge on any atom is 0.254 e. The number of piperazine rings is 1. The van der Waals surface area contributed by atoms with Gasteiger partial charge in [-0.3, -0.25) is 9.59 Å². The molecule has 3 aromatic carbocycles. The van der Waals surface area contributed by atoms with Crippen molar-refractivity contribution in [2.75, 3.05) is 31.1 Å². The molecule has 2 amide bonds. The molecule has 0 radical (unpaired) electrons.